The van der Waals surface area contributed by atoms with E-state index in [0.717, 1.165) is 12.1 Å². The van der Waals surface area contributed by atoms with Crippen LogP contribution in [0, 0.1) is 0 Å². The van der Waals surface area contributed by atoms with Gasteiger partial charge in [-0.1, -0.05) is 25.1 Å². The van der Waals surface area contributed by atoms with Crippen LogP contribution in [0.5, 0.6) is 0 Å². The van der Waals surface area contributed by atoms with E-state index in [-0.39, 0.29) is 17.4 Å². The molecule has 0 aliphatic rings. The van der Waals surface area contributed by atoms with Gasteiger partial charge in [0, 0.05) is 18.0 Å². The Bertz CT molecular complexity index is 439. The van der Waals surface area contributed by atoms with Gasteiger partial charge in [-0.25, -0.2) is 0 Å². The fraction of sp³-hybridized carbons (Fsp3) is 0.429. The average Bonchev–Trinajstić information content (AvgIpc) is 2.45. The van der Waals surface area contributed by atoms with Crippen LogP contribution >= 0.6 is 11.8 Å². The van der Waals surface area contributed by atoms with Gasteiger partial charge < -0.3 is 15.7 Å². The standard InChI is InChI=1S/C14H20N2O3S/c1-2-8-16(11-6-4-3-5-7-11)13(17)10-20-9-12(15)14(18)19/h3-7,12H,2,8-10,15H2,1H3,(H,18,19)/t12-/m0/s1. The van der Waals surface area contributed by atoms with Crippen LogP contribution in [0.25, 0.3) is 0 Å². The van der Waals surface area contributed by atoms with Crippen molar-refractivity contribution in [2.45, 2.75) is 19.4 Å². The van der Waals surface area contributed by atoms with Crippen molar-refractivity contribution in [3.63, 3.8) is 0 Å². The highest BCUT2D eigenvalue weighted by molar-refractivity contribution is 8.00. The van der Waals surface area contributed by atoms with Crippen LogP contribution in [-0.2, 0) is 9.59 Å². The lowest BCUT2D eigenvalue weighted by atomic mass is 10.2. The first-order valence-electron chi connectivity index (χ1n) is 6.47. The zero-order valence-electron chi connectivity index (χ0n) is 11.5. The molecule has 0 spiro atoms. The first-order valence-corrected chi connectivity index (χ1v) is 7.63. The van der Waals surface area contributed by atoms with Crippen molar-refractivity contribution in [2.75, 3.05) is 23.0 Å². The van der Waals surface area contributed by atoms with Gasteiger partial charge in [-0.05, 0) is 18.6 Å². The van der Waals surface area contributed by atoms with E-state index in [0.29, 0.717) is 6.54 Å². The highest BCUT2D eigenvalue weighted by Gasteiger charge is 2.16. The lowest BCUT2D eigenvalue weighted by Gasteiger charge is -2.22. The van der Waals surface area contributed by atoms with Crippen molar-refractivity contribution in [3.05, 3.63) is 30.3 Å². The van der Waals surface area contributed by atoms with E-state index in [1.165, 1.54) is 11.8 Å². The maximum Gasteiger partial charge on any atom is 0.321 e. The predicted molar refractivity (Wildman–Crippen MR) is 82.0 cm³/mol. The van der Waals surface area contributed by atoms with Crippen LogP contribution in [0.2, 0.25) is 0 Å². The van der Waals surface area contributed by atoms with Gasteiger partial charge in [0.1, 0.15) is 6.04 Å². The Morgan fingerprint density at radius 3 is 2.55 bits per heavy atom. The quantitative estimate of drug-likeness (QED) is 0.761. The molecule has 0 unspecified atom stereocenters. The molecular formula is C14H20N2O3S. The number of aliphatic carboxylic acids is 1. The van der Waals surface area contributed by atoms with Gasteiger partial charge in [0.15, 0.2) is 0 Å². The summed E-state index contributed by atoms with van der Waals surface area (Å²) in [6.45, 7) is 2.66. The number of amides is 1. The Morgan fingerprint density at radius 2 is 2.00 bits per heavy atom. The molecule has 0 radical (unpaired) electrons. The van der Waals surface area contributed by atoms with Crippen molar-refractivity contribution in [2.24, 2.45) is 5.73 Å². The first-order chi connectivity index (χ1) is 9.56. The Morgan fingerprint density at radius 1 is 1.35 bits per heavy atom. The molecule has 0 fully saturated rings. The van der Waals surface area contributed by atoms with Gasteiger partial charge in [-0.15, -0.1) is 11.8 Å². The van der Waals surface area contributed by atoms with Crippen molar-refractivity contribution in [1.82, 2.24) is 0 Å². The van der Waals surface area contributed by atoms with Crippen LogP contribution in [0.15, 0.2) is 30.3 Å². The molecule has 0 heterocycles. The minimum atomic E-state index is -1.04. The Hall–Kier alpha value is -1.53. The third-order valence-corrected chi connectivity index (χ3v) is 3.70. The van der Waals surface area contributed by atoms with Crippen LogP contribution in [0.4, 0.5) is 5.69 Å². The molecule has 6 heteroatoms. The number of thioether (sulfide) groups is 1. The summed E-state index contributed by atoms with van der Waals surface area (Å²) in [5, 5.41) is 8.68. The largest absolute Gasteiger partial charge is 0.480 e. The van der Waals surface area contributed by atoms with E-state index in [2.05, 4.69) is 0 Å². The van der Waals surface area contributed by atoms with Gasteiger partial charge >= 0.3 is 5.97 Å². The van der Waals surface area contributed by atoms with Crippen LogP contribution in [0.1, 0.15) is 13.3 Å². The number of rotatable bonds is 8. The van der Waals surface area contributed by atoms with Crippen LogP contribution in [-0.4, -0.2) is 41.1 Å². The zero-order valence-corrected chi connectivity index (χ0v) is 12.3. The molecule has 0 bridgehead atoms. The number of nitrogens with zero attached hydrogens (tertiary/aromatic N) is 1. The second-order valence-corrected chi connectivity index (χ2v) is 5.37. The summed E-state index contributed by atoms with van der Waals surface area (Å²) in [6.07, 6.45) is 0.861. The van der Waals surface area contributed by atoms with Crippen molar-refractivity contribution < 1.29 is 14.7 Å². The molecule has 0 aromatic heterocycles. The Balaban J connectivity index is 2.55. The number of hydrogen-bond donors (Lipinski definition) is 2. The molecule has 1 rings (SSSR count). The maximum absolute atomic E-state index is 12.2. The van der Waals surface area contributed by atoms with E-state index in [1.54, 1.807) is 4.90 Å². The molecule has 110 valence electrons. The fourth-order valence-electron chi connectivity index (χ4n) is 1.65. The molecule has 5 nitrogen and oxygen atoms in total. The van der Waals surface area contributed by atoms with Gasteiger partial charge in [0.2, 0.25) is 5.91 Å². The number of carboxylic acids is 1. The number of nitrogens with two attached hydrogens (primary N) is 1. The summed E-state index contributed by atoms with van der Waals surface area (Å²) in [5.74, 6) is -0.606. The lowest BCUT2D eigenvalue weighted by Crippen LogP contribution is -2.35. The number of para-hydroxylation sites is 1. The summed E-state index contributed by atoms with van der Waals surface area (Å²) in [5.41, 5.74) is 6.27. The lowest BCUT2D eigenvalue weighted by molar-refractivity contribution is -0.137. The van der Waals surface area contributed by atoms with Crippen molar-refractivity contribution >= 4 is 29.3 Å². The molecular weight excluding hydrogens is 276 g/mol. The summed E-state index contributed by atoms with van der Waals surface area (Å²) in [4.78, 5) is 24.5. The fourth-order valence-corrected chi connectivity index (χ4v) is 2.50. The smallest absolute Gasteiger partial charge is 0.321 e. The second-order valence-electron chi connectivity index (χ2n) is 4.34. The molecule has 1 atom stereocenters. The number of benzene rings is 1. The molecule has 1 amide bonds. The predicted octanol–water partition coefficient (Wildman–Crippen LogP) is 1.57. The number of anilines is 1. The third-order valence-electron chi connectivity index (χ3n) is 2.66. The van der Waals surface area contributed by atoms with Gasteiger partial charge in [0.25, 0.3) is 0 Å². The monoisotopic (exact) mass is 296 g/mol. The average molecular weight is 296 g/mol. The summed E-state index contributed by atoms with van der Waals surface area (Å²) in [6, 6.07) is 8.53. The van der Waals surface area contributed by atoms with Gasteiger partial charge in [-0.2, -0.15) is 0 Å². The van der Waals surface area contributed by atoms with E-state index in [1.807, 2.05) is 37.3 Å². The number of carboxylic acid groups (broad SMARTS) is 1. The van der Waals surface area contributed by atoms with Gasteiger partial charge in [0.05, 0.1) is 5.75 Å². The number of hydrogen-bond acceptors (Lipinski definition) is 4. The minimum absolute atomic E-state index is 0.0272. The van der Waals surface area contributed by atoms with Crippen molar-refractivity contribution in [3.8, 4) is 0 Å². The van der Waals surface area contributed by atoms with E-state index in [4.69, 9.17) is 10.8 Å². The normalized spacial score (nSPS) is 11.9. The molecule has 1 aromatic rings. The molecule has 1 aromatic carbocycles. The SMILES string of the molecule is CCCN(C(=O)CSC[C@H](N)C(=O)O)c1ccccc1. The van der Waals surface area contributed by atoms with E-state index >= 15 is 0 Å². The summed E-state index contributed by atoms with van der Waals surface area (Å²) >= 11 is 1.25. The minimum Gasteiger partial charge on any atom is -0.480 e. The van der Waals surface area contributed by atoms with Crippen molar-refractivity contribution in [1.29, 1.82) is 0 Å². The summed E-state index contributed by atoms with van der Waals surface area (Å²) < 4.78 is 0. The highest BCUT2D eigenvalue weighted by atomic mass is 32.2. The maximum atomic E-state index is 12.2. The van der Waals surface area contributed by atoms with E-state index in [9.17, 15) is 9.59 Å². The number of carbonyl (C=O) groups is 2. The van der Waals surface area contributed by atoms with Crippen LogP contribution in [0.3, 0.4) is 0 Å². The second kappa shape index (κ2) is 8.60. The molecule has 0 saturated carbocycles. The Labute approximate surface area is 123 Å². The topological polar surface area (TPSA) is 83.6 Å². The van der Waals surface area contributed by atoms with Gasteiger partial charge in [-0.3, -0.25) is 9.59 Å². The summed E-state index contributed by atoms with van der Waals surface area (Å²) in [7, 11) is 0. The Kier molecular flexibility index (Phi) is 7.11. The molecule has 0 aliphatic carbocycles. The molecule has 0 saturated heterocycles. The molecule has 3 N–H and O–H groups in total. The third kappa shape index (κ3) is 5.22. The number of carbonyl (C=O) groups excluding carboxylic acids is 1. The molecule has 0 aliphatic heterocycles. The van der Waals surface area contributed by atoms with Crippen LogP contribution < -0.4 is 10.6 Å². The highest BCUT2D eigenvalue weighted by Crippen LogP contribution is 2.16. The molecule has 20 heavy (non-hydrogen) atoms. The first kappa shape index (κ1) is 16.5. The van der Waals surface area contributed by atoms with E-state index < -0.39 is 12.0 Å². The zero-order chi connectivity index (χ0) is 15.0.